The van der Waals surface area contributed by atoms with Crippen LogP contribution >= 0.6 is 0 Å². The van der Waals surface area contributed by atoms with Crippen molar-refractivity contribution in [1.82, 2.24) is 4.57 Å². The summed E-state index contributed by atoms with van der Waals surface area (Å²) in [6.07, 6.45) is 4.45. The van der Waals surface area contributed by atoms with Crippen LogP contribution in [-0.2, 0) is 6.54 Å². The van der Waals surface area contributed by atoms with Crippen molar-refractivity contribution in [3.8, 4) is 0 Å². The monoisotopic (exact) mass is 190 g/mol. The Labute approximate surface area is 80.6 Å². The second-order valence-corrected chi connectivity index (χ2v) is 3.07. The molecule has 2 aromatic rings. The van der Waals surface area contributed by atoms with E-state index in [4.69, 9.17) is 0 Å². The van der Waals surface area contributed by atoms with E-state index in [2.05, 4.69) is 0 Å². The number of hydrogen-bond acceptors (Lipinski definition) is 2. The fourth-order valence-corrected chi connectivity index (χ4v) is 1.51. The number of aryl methyl sites for hydroxylation is 1. The van der Waals surface area contributed by atoms with Gasteiger partial charge in [-0.05, 0) is 6.92 Å². The fourth-order valence-electron chi connectivity index (χ4n) is 1.51. The molecule has 14 heavy (non-hydrogen) atoms. The minimum atomic E-state index is -0.0506. The lowest BCUT2D eigenvalue weighted by Crippen LogP contribution is -2.25. The van der Waals surface area contributed by atoms with Crippen molar-refractivity contribution in [3.63, 3.8) is 0 Å². The zero-order valence-corrected chi connectivity index (χ0v) is 7.80. The molecule has 2 heterocycles. The van der Waals surface area contributed by atoms with Crippen molar-refractivity contribution in [2.24, 2.45) is 0 Å². The molecule has 0 aliphatic heterocycles. The Kier molecular flexibility index (Phi) is 1.96. The molecule has 72 valence electrons. The summed E-state index contributed by atoms with van der Waals surface area (Å²) in [6, 6.07) is 3.07. The maximum atomic E-state index is 11.4. The van der Waals surface area contributed by atoms with Crippen LogP contribution < -0.4 is 10.2 Å². The number of aromatic nitrogens is 2. The molecule has 0 radical (unpaired) electrons. The lowest BCUT2D eigenvalue weighted by Gasteiger charge is -2.06. The van der Waals surface area contributed by atoms with E-state index in [1.807, 2.05) is 11.5 Å². The second-order valence-electron chi connectivity index (χ2n) is 3.07. The van der Waals surface area contributed by atoms with Crippen LogP contribution in [0.2, 0.25) is 0 Å². The van der Waals surface area contributed by atoms with Gasteiger partial charge in [0, 0.05) is 24.9 Å². The highest BCUT2D eigenvalue weighted by molar-refractivity contribution is 5.76. The molecular formula is C10H10N2O2. The van der Waals surface area contributed by atoms with Gasteiger partial charge in [0.1, 0.15) is 5.52 Å². The third-order valence-electron chi connectivity index (χ3n) is 2.24. The largest absolute Gasteiger partial charge is 0.619 e. The predicted molar refractivity (Wildman–Crippen MR) is 52.8 cm³/mol. The predicted octanol–water partition coefficient (Wildman–Crippen LogP) is 0.655. The molecule has 0 N–H and O–H groups in total. The summed E-state index contributed by atoms with van der Waals surface area (Å²) in [5.74, 6) is 0. The maximum Gasteiger partial charge on any atom is 0.204 e. The highest BCUT2D eigenvalue weighted by atomic mass is 16.5. The molecule has 0 unspecified atom stereocenters. The highest BCUT2D eigenvalue weighted by Crippen LogP contribution is 2.05. The molecule has 0 aromatic carbocycles. The quantitative estimate of drug-likeness (QED) is 0.489. The SMILES string of the molecule is CCn1ccc(=O)c2cc[n+]([O-])cc21. The summed E-state index contributed by atoms with van der Waals surface area (Å²) in [5.41, 5.74) is 0.628. The van der Waals surface area contributed by atoms with Gasteiger partial charge in [0.25, 0.3) is 0 Å². The fraction of sp³-hybridized carbons (Fsp3) is 0.200. The molecule has 0 fully saturated rings. The smallest absolute Gasteiger partial charge is 0.204 e. The summed E-state index contributed by atoms with van der Waals surface area (Å²) in [5, 5.41) is 11.6. The normalized spacial score (nSPS) is 10.6. The van der Waals surface area contributed by atoms with Gasteiger partial charge in [0.05, 0.1) is 5.39 Å². The van der Waals surface area contributed by atoms with E-state index in [-0.39, 0.29) is 5.43 Å². The summed E-state index contributed by atoms with van der Waals surface area (Å²) < 4.78 is 2.57. The topological polar surface area (TPSA) is 48.9 Å². The Balaban J connectivity index is 2.92. The van der Waals surface area contributed by atoms with Crippen molar-refractivity contribution in [3.05, 3.63) is 46.2 Å². The summed E-state index contributed by atoms with van der Waals surface area (Å²) in [4.78, 5) is 11.4. The Morgan fingerprint density at radius 1 is 1.50 bits per heavy atom. The van der Waals surface area contributed by atoms with Crippen LogP contribution in [0.3, 0.4) is 0 Å². The van der Waals surface area contributed by atoms with Gasteiger partial charge in [-0.25, -0.2) is 0 Å². The van der Waals surface area contributed by atoms with Crippen LogP contribution in [0, 0.1) is 5.21 Å². The highest BCUT2D eigenvalue weighted by Gasteiger charge is 2.04. The number of rotatable bonds is 1. The first-order chi connectivity index (χ1) is 6.72. The van der Waals surface area contributed by atoms with Crippen molar-refractivity contribution in [2.75, 3.05) is 0 Å². The van der Waals surface area contributed by atoms with E-state index in [1.165, 1.54) is 18.5 Å². The van der Waals surface area contributed by atoms with Crippen LogP contribution in [0.1, 0.15) is 6.92 Å². The van der Waals surface area contributed by atoms with E-state index in [0.29, 0.717) is 15.6 Å². The first kappa shape index (κ1) is 8.74. The molecule has 2 aromatic heterocycles. The lowest BCUT2D eigenvalue weighted by atomic mass is 10.2. The van der Waals surface area contributed by atoms with Crippen LogP contribution in [0.4, 0.5) is 0 Å². The molecule has 0 amide bonds. The molecule has 0 spiro atoms. The van der Waals surface area contributed by atoms with Crippen LogP contribution in [-0.4, -0.2) is 4.57 Å². The Hall–Kier alpha value is -1.84. The third-order valence-corrected chi connectivity index (χ3v) is 2.24. The number of fused-ring (bicyclic) bond motifs is 1. The zero-order chi connectivity index (χ0) is 10.1. The van der Waals surface area contributed by atoms with Crippen molar-refractivity contribution in [2.45, 2.75) is 13.5 Å². The van der Waals surface area contributed by atoms with Gasteiger partial charge in [0.2, 0.25) is 6.20 Å². The lowest BCUT2D eigenvalue weighted by molar-refractivity contribution is -0.604. The summed E-state index contributed by atoms with van der Waals surface area (Å²) in [7, 11) is 0. The van der Waals surface area contributed by atoms with Crippen LogP contribution in [0.5, 0.6) is 0 Å². The van der Waals surface area contributed by atoms with E-state index in [1.54, 1.807) is 12.3 Å². The molecule has 2 rings (SSSR count). The zero-order valence-electron chi connectivity index (χ0n) is 7.80. The molecule has 0 saturated carbocycles. The molecule has 0 aliphatic carbocycles. The van der Waals surface area contributed by atoms with E-state index >= 15 is 0 Å². The van der Waals surface area contributed by atoms with Gasteiger partial charge >= 0.3 is 0 Å². The molecule has 0 atom stereocenters. The minimum Gasteiger partial charge on any atom is -0.619 e. The van der Waals surface area contributed by atoms with Gasteiger partial charge in [-0.15, -0.1) is 0 Å². The van der Waals surface area contributed by atoms with Gasteiger partial charge in [0.15, 0.2) is 11.6 Å². The number of hydrogen-bond donors (Lipinski definition) is 0. The summed E-state index contributed by atoms with van der Waals surface area (Å²) in [6.45, 7) is 2.70. The van der Waals surface area contributed by atoms with Crippen molar-refractivity contribution < 1.29 is 4.73 Å². The van der Waals surface area contributed by atoms with Crippen molar-refractivity contribution in [1.29, 1.82) is 0 Å². The standard InChI is InChI=1S/C10H10N2O2/c1-2-11-5-4-10(13)8-3-6-12(14)7-9(8)11/h3-7H,2H2,1H3. The van der Waals surface area contributed by atoms with Crippen molar-refractivity contribution >= 4 is 10.9 Å². The maximum absolute atomic E-state index is 11.4. The van der Waals surface area contributed by atoms with Gasteiger partial charge in [-0.1, -0.05) is 0 Å². The van der Waals surface area contributed by atoms with E-state index in [9.17, 15) is 10.0 Å². The molecular weight excluding hydrogens is 180 g/mol. The molecule has 4 heteroatoms. The summed E-state index contributed by atoms with van der Waals surface area (Å²) >= 11 is 0. The average molecular weight is 190 g/mol. The second kappa shape index (κ2) is 3.14. The van der Waals surface area contributed by atoms with Crippen LogP contribution in [0.25, 0.3) is 10.9 Å². The van der Waals surface area contributed by atoms with E-state index in [0.717, 1.165) is 6.54 Å². The van der Waals surface area contributed by atoms with Gasteiger partial charge < -0.3 is 9.77 Å². The number of nitrogens with zero attached hydrogens (tertiary/aromatic N) is 2. The average Bonchev–Trinajstić information content (AvgIpc) is 2.18. The number of pyridine rings is 2. The molecule has 0 aliphatic rings. The van der Waals surface area contributed by atoms with Gasteiger partial charge in [-0.3, -0.25) is 4.79 Å². The Morgan fingerprint density at radius 2 is 2.29 bits per heavy atom. The molecule has 0 bridgehead atoms. The minimum absolute atomic E-state index is 0.0506. The van der Waals surface area contributed by atoms with Crippen LogP contribution in [0.15, 0.2) is 35.5 Å². The Bertz CT molecular complexity index is 531. The third kappa shape index (κ3) is 1.25. The first-order valence-corrected chi connectivity index (χ1v) is 4.44. The van der Waals surface area contributed by atoms with Gasteiger partial charge in [-0.2, -0.15) is 4.73 Å². The first-order valence-electron chi connectivity index (χ1n) is 4.44. The van der Waals surface area contributed by atoms with E-state index < -0.39 is 0 Å². The molecule has 0 saturated heterocycles. The molecule has 4 nitrogen and oxygen atoms in total. The Morgan fingerprint density at radius 3 is 3.00 bits per heavy atom.